The number of amides is 1. The molecule has 0 aliphatic rings. The van der Waals surface area contributed by atoms with Crippen molar-refractivity contribution in [3.05, 3.63) is 28.2 Å². The molecule has 1 amide bonds. The summed E-state index contributed by atoms with van der Waals surface area (Å²) < 4.78 is 0.221. The fourth-order valence-corrected chi connectivity index (χ4v) is 2.92. The predicted octanol–water partition coefficient (Wildman–Crippen LogP) is 2.62. The predicted molar refractivity (Wildman–Crippen MR) is 89.7 cm³/mol. The van der Waals surface area contributed by atoms with Gasteiger partial charge in [0, 0.05) is 14.9 Å². The van der Waals surface area contributed by atoms with Crippen molar-refractivity contribution in [3.8, 4) is 0 Å². The number of thioether (sulfide) groups is 1. The molecule has 1 atom stereocenters. The normalized spacial score (nSPS) is 12.8. The minimum Gasteiger partial charge on any atom is -0.480 e. The van der Waals surface area contributed by atoms with E-state index in [4.69, 9.17) is 10.8 Å². The van der Waals surface area contributed by atoms with Gasteiger partial charge < -0.3 is 16.2 Å². The Morgan fingerprint density at radius 3 is 2.62 bits per heavy atom. The lowest BCUT2D eigenvalue weighted by Crippen LogP contribution is -2.47. The average molecular weight is 375 g/mol. The zero-order valence-corrected chi connectivity index (χ0v) is 14.5. The third-order valence-electron chi connectivity index (χ3n) is 3.05. The second kappa shape index (κ2) is 7.29. The SMILES string of the molecule is Cc1cc(Br)ccc1NC(=O)CSC(C)(C)[C@@H](N)C(=O)O. The molecule has 0 radical (unpaired) electrons. The van der Waals surface area contributed by atoms with E-state index in [-0.39, 0.29) is 11.7 Å². The van der Waals surface area contributed by atoms with E-state index in [0.29, 0.717) is 0 Å². The van der Waals surface area contributed by atoms with Crippen LogP contribution in [0.5, 0.6) is 0 Å². The molecule has 1 aromatic rings. The number of rotatable bonds is 6. The summed E-state index contributed by atoms with van der Waals surface area (Å²) in [7, 11) is 0. The van der Waals surface area contributed by atoms with Crippen LogP contribution in [0.1, 0.15) is 19.4 Å². The molecule has 7 heteroatoms. The van der Waals surface area contributed by atoms with Crippen LogP contribution in [0.2, 0.25) is 0 Å². The number of carbonyl (C=O) groups is 2. The minimum atomic E-state index is -1.07. The van der Waals surface area contributed by atoms with Crippen LogP contribution < -0.4 is 11.1 Å². The van der Waals surface area contributed by atoms with Crippen LogP contribution in [0.4, 0.5) is 5.69 Å². The Labute approximate surface area is 136 Å². The summed E-state index contributed by atoms with van der Waals surface area (Å²) in [6, 6.07) is 4.55. The van der Waals surface area contributed by atoms with E-state index in [0.717, 1.165) is 15.7 Å². The van der Waals surface area contributed by atoms with E-state index in [2.05, 4.69) is 21.2 Å². The molecule has 5 nitrogen and oxygen atoms in total. The van der Waals surface area contributed by atoms with Gasteiger partial charge in [-0.15, -0.1) is 11.8 Å². The molecule has 1 rings (SSSR count). The first-order valence-electron chi connectivity index (χ1n) is 6.32. The fraction of sp³-hybridized carbons (Fsp3) is 0.429. The Hall–Kier alpha value is -1.05. The monoisotopic (exact) mass is 374 g/mol. The van der Waals surface area contributed by atoms with Gasteiger partial charge in [-0.3, -0.25) is 9.59 Å². The van der Waals surface area contributed by atoms with E-state index in [1.807, 2.05) is 25.1 Å². The third kappa shape index (κ3) is 5.33. The van der Waals surface area contributed by atoms with Crippen molar-refractivity contribution in [2.24, 2.45) is 5.73 Å². The van der Waals surface area contributed by atoms with Crippen molar-refractivity contribution in [2.45, 2.75) is 31.6 Å². The number of aryl methyl sites for hydroxylation is 1. The second-order valence-electron chi connectivity index (χ2n) is 5.22. The van der Waals surface area contributed by atoms with E-state index >= 15 is 0 Å². The molecule has 0 unspecified atom stereocenters. The highest BCUT2D eigenvalue weighted by Gasteiger charge is 2.33. The Kier molecular flexibility index (Phi) is 6.24. The molecule has 0 spiro atoms. The van der Waals surface area contributed by atoms with Gasteiger partial charge in [0.1, 0.15) is 6.04 Å². The lowest BCUT2D eigenvalue weighted by Gasteiger charge is -2.27. The summed E-state index contributed by atoms with van der Waals surface area (Å²) in [5.41, 5.74) is 7.30. The van der Waals surface area contributed by atoms with Crippen LogP contribution >= 0.6 is 27.7 Å². The first-order chi connectivity index (χ1) is 9.63. The number of carbonyl (C=O) groups excluding carboxylic acids is 1. The lowest BCUT2D eigenvalue weighted by molar-refractivity contribution is -0.139. The zero-order valence-electron chi connectivity index (χ0n) is 12.1. The second-order valence-corrected chi connectivity index (χ2v) is 7.76. The minimum absolute atomic E-state index is 0.142. The molecule has 0 aliphatic carbocycles. The summed E-state index contributed by atoms with van der Waals surface area (Å²) in [5, 5.41) is 11.7. The van der Waals surface area contributed by atoms with Crippen molar-refractivity contribution in [2.75, 3.05) is 11.1 Å². The maximum Gasteiger partial charge on any atom is 0.321 e. The highest BCUT2D eigenvalue weighted by atomic mass is 79.9. The van der Waals surface area contributed by atoms with Gasteiger partial charge in [0.2, 0.25) is 5.91 Å². The van der Waals surface area contributed by atoms with Crippen molar-refractivity contribution < 1.29 is 14.7 Å². The molecule has 0 heterocycles. The molecule has 0 saturated heterocycles. The quantitative estimate of drug-likeness (QED) is 0.711. The standard InChI is InChI=1S/C14H19BrN2O3S/c1-8-6-9(15)4-5-10(8)17-11(18)7-21-14(2,3)12(16)13(19)20/h4-6,12H,7,16H2,1-3H3,(H,17,18)(H,19,20)/t12-/m0/s1. The molecule has 116 valence electrons. The van der Waals surface area contributed by atoms with Gasteiger partial charge in [-0.1, -0.05) is 15.9 Å². The number of carboxylic acids is 1. The highest BCUT2D eigenvalue weighted by Crippen LogP contribution is 2.28. The van der Waals surface area contributed by atoms with Crippen molar-refractivity contribution >= 4 is 45.3 Å². The largest absolute Gasteiger partial charge is 0.480 e. The van der Waals surface area contributed by atoms with Crippen molar-refractivity contribution in [1.29, 1.82) is 0 Å². The van der Waals surface area contributed by atoms with E-state index < -0.39 is 16.8 Å². The van der Waals surface area contributed by atoms with E-state index in [1.54, 1.807) is 13.8 Å². The third-order valence-corrected chi connectivity index (χ3v) is 4.95. The Morgan fingerprint density at radius 1 is 1.48 bits per heavy atom. The Bertz CT molecular complexity index is 549. The number of halogens is 1. The summed E-state index contributed by atoms with van der Waals surface area (Å²) in [4.78, 5) is 22.9. The molecule has 0 aliphatic heterocycles. The number of hydrogen-bond acceptors (Lipinski definition) is 4. The average Bonchev–Trinajstić information content (AvgIpc) is 2.39. The topological polar surface area (TPSA) is 92.4 Å². The molecule has 0 saturated carbocycles. The fourth-order valence-electron chi connectivity index (χ4n) is 1.59. The van der Waals surface area contributed by atoms with Gasteiger partial charge in [-0.05, 0) is 44.5 Å². The smallest absolute Gasteiger partial charge is 0.321 e. The molecular formula is C14H19BrN2O3S. The van der Waals surface area contributed by atoms with Gasteiger partial charge in [0.25, 0.3) is 0 Å². The van der Waals surface area contributed by atoms with Crippen LogP contribution in [-0.4, -0.2) is 33.5 Å². The number of nitrogens with two attached hydrogens (primary N) is 1. The molecule has 0 bridgehead atoms. The molecule has 21 heavy (non-hydrogen) atoms. The number of aliphatic carboxylic acids is 1. The number of nitrogens with one attached hydrogen (secondary N) is 1. The molecule has 1 aromatic carbocycles. The summed E-state index contributed by atoms with van der Waals surface area (Å²) in [6.07, 6.45) is 0. The van der Waals surface area contributed by atoms with Gasteiger partial charge in [-0.25, -0.2) is 0 Å². The Morgan fingerprint density at radius 2 is 2.10 bits per heavy atom. The van der Waals surface area contributed by atoms with Gasteiger partial charge >= 0.3 is 5.97 Å². The summed E-state index contributed by atoms with van der Waals surface area (Å²) >= 11 is 4.59. The lowest BCUT2D eigenvalue weighted by atomic mass is 10.1. The van der Waals surface area contributed by atoms with Gasteiger partial charge in [0.15, 0.2) is 0 Å². The first-order valence-corrected chi connectivity index (χ1v) is 8.09. The van der Waals surface area contributed by atoms with Gasteiger partial charge in [0.05, 0.1) is 5.75 Å². The van der Waals surface area contributed by atoms with E-state index in [9.17, 15) is 9.59 Å². The zero-order chi connectivity index (χ0) is 16.2. The number of carboxylic acid groups (broad SMARTS) is 1. The van der Waals surface area contributed by atoms with Crippen LogP contribution in [0, 0.1) is 6.92 Å². The maximum atomic E-state index is 12.0. The highest BCUT2D eigenvalue weighted by molar-refractivity contribution is 9.10. The Balaban J connectivity index is 2.60. The van der Waals surface area contributed by atoms with Crippen LogP contribution in [0.25, 0.3) is 0 Å². The van der Waals surface area contributed by atoms with E-state index in [1.165, 1.54) is 11.8 Å². The number of anilines is 1. The molecule has 0 fully saturated rings. The van der Waals surface area contributed by atoms with Crippen LogP contribution in [-0.2, 0) is 9.59 Å². The summed E-state index contributed by atoms with van der Waals surface area (Å²) in [6.45, 7) is 5.33. The number of benzene rings is 1. The van der Waals surface area contributed by atoms with Gasteiger partial charge in [-0.2, -0.15) is 0 Å². The maximum absolute atomic E-state index is 12.0. The summed E-state index contributed by atoms with van der Waals surface area (Å²) in [5.74, 6) is -1.11. The van der Waals surface area contributed by atoms with Crippen molar-refractivity contribution in [1.82, 2.24) is 0 Å². The van der Waals surface area contributed by atoms with Crippen molar-refractivity contribution in [3.63, 3.8) is 0 Å². The van der Waals surface area contributed by atoms with Crippen LogP contribution in [0.15, 0.2) is 22.7 Å². The van der Waals surface area contributed by atoms with Crippen LogP contribution in [0.3, 0.4) is 0 Å². The molecular weight excluding hydrogens is 356 g/mol. The molecule has 0 aromatic heterocycles. The molecule has 4 N–H and O–H groups in total. The first kappa shape index (κ1) is 18.0. The number of hydrogen-bond donors (Lipinski definition) is 3.